The molecule has 4 nitrogen and oxygen atoms in total. The number of carbonyl (C=O) groups is 1. The molecule has 0 saturated heterocycles. The topological polar surface area (TPSA) is 36.7 Å². The summed E-state index contributed by atoms with van der Waals surface area (Å²) in [5, 5.41) is 0. The maximum absolute atomic E-state index is 13.0. The molecule has 1 aromatic heterocycles. The summed E-state index contributed by atoms with van der Waals surface area (Å²) in [5.74, 6) is 1.82. The van der Waals surface area contributed by atoms with Crippen molar-refractivity contribution in [1.29, 1.82) is 0 Å². The molecule has 0 aliphatic carbocycles. The second-order valence-electron chi connectivity index (χ2n) is 6.91. The molecule has 140 valence electrons. The zero-order valence-corrected chi connectivity index (χ0v) is 16.1. The molecule has 0 fully saturated rings. The Bertz CT molecular complexity index is 819. The van der Waals surface area contributed by atoms with E-state index in [9.17, 15) is 4.79 Å². The van der Waals surface area contributed by atoms with Gasteiger partial charge >= 0.3 is 0 Å². The molecule has 4 heteroatoms. The van der Waals surface area contributed by atoms with E-state index in [1.807, 2.05) is 79.3 Å². The van der Waals surface area contributed by atoms with Crippen LogP contribution in [0.1, 0.15) is 28.7 Å². The number of carbonyl (C=O) groups excluding carboxylic acids is 1. The van der Waals surface area contributed by atoms with E-state index in [4.69, 9.17) is 4.42 Å². The quantitative estimate of drug-likeness (QED) is 0.630. The van der Waals surface area contributed by atoms with Gasteiger partial charge in [0.15, 0.2) is 0 Å². The van der Waals surface area contributed by atoms with E-state index in [0.29, 0.717) is 13.1 Å². The van der Waals surface area contributed by atoms with Gasteiger partial charge in [-0.1, -0.05) is 60.7 Å². The van der Waals surface area contributed by atoms with Gasteiger partial charge in [-0.05, 0) is 37.2 Å². The van der Waals surface area contributed by atoms with Crippen molar-refractivity contribution in [3.8, 4) is 0 Å². The number of hydrogen-bond donors (Lipinski definition) is 0. The summed E-state index contributed by atoms with van der Waals surface area (Å²) in [4.78, 5) is 16.8. The van der Waals surface area contributed by atoms with Crippen LogP contribution in [0.3, 0.4) is 0 Å². The fourth-order valence-electron chi connectivity index (χ4n) is 3.29. The summed E-state index contributed by atoms with van der Waals surface area (Å²) in [6.45, 7) is 2.86. The molecule has 0 N–H and O–H groups in total. The Kier molecular flexibility index (Phi) is 6.09. The van der Waals surface area contributed by atoms with Gasteiger partial charge in [-0.25, -0.2) is 0 Å². The maximum Gasteiger partial charge on any atom is 0.237 e. The lowest BCUT2D eigenvalue weighted by Gasteiger charge is -2.30. The normalized spacial score (nSPS) is 11.1. The van der Waals surface area contributed by atoms with Crippen LogP contribution in [0.4, 0.5) is 0 Å². The Morgan fingerprint density at radius 3 is 1.93 bits per heavy atom. The fraction of sp³-hybridized carbons (Fsp3) is 0.261. The highest BCUT2D eigenvalue weighted by molar-refractivity contribution is 5.79. The van der Waals surface area contributed by atoms with Gasteiger partial charge in [0.05, 0.1) is 19.1 Å². The lowest BCUT2D eigenvalue weighted by atomic mass is 9.97. The first-order chi connectivity index (χ1) is 13.0. The molecule has 2 aromatic carbocycles. The molecular weight excluding hydrogens is 336 g/mol. The number of rotatable bonds is 7. The van der Waals surface area contributed by atoms with Crippen LogP contribution in [-0.2, 0) is 11.3 Å². The van der Waals surface area contributed by atoms with Gasteiger partial charge in [0.25, 0.3) is 0 Å². The van der Waals surface area contributed by atoms with Crippen LogP contribution < -0.4 is 0 Å². The van der Waals surface area contributed by atoms with E-state index in [2.05, 4.69) is 24.3 Å². The number of amides is 1. The first kappa shape index (κ1) is 18.9. The van der Waals surface area contributed by atoms with Crippen molar-refractivity contribution in [3.05, 3.63) is 95.4 Å². The molecule has 0 aliphatic rings. The minimum atomic E-state index is -0.112. The molecule has 27 heavy (non-hydrogen) atoms. The van der Waals surface area contributed by atoms with Crippen molar-refractivity contribution in [2.24, 2.45) is 0 Å². The summed E-state index contributed by atoms with van der Waals surface area (Å²) in [6.07, 6.45) is 0. The minimum absolute atomic E-state index is 0.0680. The van der Waals surface area contributed by atoms with Crippen LogP contribution in [0.25, 0.3) is 0 Å². The highest BCUT2D eigenvalue weighted by atomic mass is 16.3. The molecule has 1 amide bonds. The van der Waals surface area contributed by atoms with Gasteiger partial charge in [0, 0.05) is 7.05 Å². The second kappa shape index (κ2) is 8.69. The first-order valence-electron chi connectivity index (χ1n) is 9.14. The molecule has 0 bridgehead atoms. The number of benzene rings is 2. The molecule has 3 aromatic rings. The van der Waals surface area contributed by atoms with E-state index in [1.54, 1.807) is 0 Å². The summed E-state index contributed by atoms with van der Waals surface area (Å²) < 4.78 is 5.62. The Morgan fingerprint density at radius 2 is 1.44 bits per heavy atom. The summed E-state index contributed by atoms with van der Waals surface area (Å²) in [6, 6.07) is 24.1. The summed E-state index contributed by atoms with van der Waals surface area (Å²) in [5.41, 5.74) is 2.20. The van der Waals surface area contributed by atoms with Crippen LogP contribution in [0.15, 0.2) is 77.2 Å². The summed E-state index contributed by atoms with van der Waals surface area (Å²) >= 11 is 0. The second-order valence-corrected chi connectivity index (χ2v) is 6.91. The Balaban J connectivity index is 1.75. The zero-order valence-electron chi connectivity index (χ0n) is 16.1. The predicted octanol–water partition coefficient (Wildman–Crippen LogP) is 4.27. The highest BCUT2D eigenvalue weighted by Gasteiger charge is 2.24. The maximum atomic E-state index is 13.0. The van der Waals surface area contributed by atoms with Crippen LogP contribution in [0.5, 0.6) is 0 Å². The van der Waals surface area contributed by atoms with Crippen LogP contribution >= 0.6 is 0 Å². The number of nitrogens with zero attached hydrogens (tertiary/aromatic N) is 2. The first-order valence-corrected chi connectivity index (χ1v) is 9.14. The number of hydrogen-bond acceptors (Lipinski definition) is 3. The Labute approximate surface area is 161 Å². The number of furan rings is 1. The molecule has 0 atom stereocenters. The van der Waals surface area contributed by atoms with Crippen molar-refractivity contribution >= 4 is 5.91 Å². The molecule has 0 spiro atoms. The average Bonchev–Trinajstić information content (AvgIpc) is 3.08. The van der Waals surface area contributed by atoms with E-state index >= 15 is 0 Å². The van der Waals surface area contributed by atoms with Gasteiger partial charge in [-0.15, -0.1) is 0 Å². The predicted molar refractivity (Wildman–Crippen MR) is 107 cm³/mol. The van der Waals surface area contributed by atoms with Gasteiger partial charge < -0.3 is 9.32 Å². The lowest BCUT2D eigenvalue weighted by molar-refractivity contribution is -0.132. The van der Waals surface area contributed by atoms with E-state index in [-0.39, 0.29) is 11.9 Å². The van der Waals surface area contributed by atoms with E-state index in [0.717, 1.165) is 22.6 Å². The van der Waals surface area contributed by atoms with E-state index in [1.165, 1.54) is 0 Å². The van der Waals surface area contributed by atoms with Crippen molar-refractivity contribution in [2.45, 2.75) is 19.5 Å². The monoisotopic (exact) mass is 362 g/mol. The van der Waals surface area contributed by atoms with Crippen molar-refractivity contribution in [1.82, 2.24) is 9.80 Å². The molecule has 1 heterocycles. The third-order valence-electron chi connectivity index (χ3n) is 4.64. The third-order valence-corrected chi connectivity index (χ3v) is 4.64. The number of likely N-dealkylation sites (N-methyl/N-ethyl adjacent to an activating group) is 2. The SMILES string of the molecule is Cc1ccc(CN(C)CC(=O)N(C)C(c2ccccc2)c2ccccc2)o1. The smallest absolute Gasteiger partial charge is 0.237 e. The molecule has 0 unspecified atom stereocenters. The standard InChI is InChI=1S/C23H26N2O2/c1-18-14-15-21(27-18)16-24(2)17-22(26)25(3)23(19-10-6-4-7-11-19)20-12-8-5-9-13-20/h4-15,23H,16-17H2,1-3H3. The largest absolute Gasteiger partial charge is 0.465 e. The van der Waals surface area contributed by atoms with Crippen molar-refractivity contribution < 1.29 is 9.21 Å². The van der Waals surface area contributed by atoms with Crippen LogP contribution in [-0.4, -0.2) is 36.3 Å². The highest BCUT2D eigenvalue weighted by Crippen LogP contribution is 2.27. The number of aryl methyl sites for hydroxylation is 1. The van der Waals surface area contributed by atoms with Crippen LogP contribution in [0, 0.1) is 6.92 Å². The van der Waals surface area contributed by atoms with Gasteiger partial charge in [0.1, 0.15) is 11.5 Å². The Hall–Kier alpha value is -2.85. The molecule has 0 aliphatic heterocycles. The molecule has 0 saturated carbocycles. The van der Waals surface area contributed by atoms with Gasteiger partial charge in [0.2, 0.25) is 5.91 Å². The molecular formula is C23H26N2O2. The minimum Gasteiger partial charge on any atom is -0.465 e. The lowest BCUT2D eigenvalue weighted by Crippen LogP contribution is -2.39. The fourth-order valence-corrected chi connectivity index (χ4v) is 3.29. The third kappa shape index (κ3) is 4.86. The molecule has 0 radical (unpaired) electrons. The van der Waals surface area contributed by atoms with Crippen LogP contribution in [0.2, 0.25) is 0 Å². The van der Waals surface area contributed by atoms with E-state index < -0.39 is 0 Å². The Morgan fingerprint density at radius 1 is 0.889 bits per heavy atom. The zero-order chi connectivity index (χ0) is 19.2. The van der Waals surface area contributed by atoms with Gasteiger partial charge in [-0.2, -0.15) is 0 Å². The average molecular weight is 362 g/mol. The van der Waals surface area contributed by atoms with Crippen molar-refractivity contribution in [2.75, 3.05) is 20.6 Å². The van der Waals surface area contributed by atoms with Crippen molar-refractivity contribution in [3.63, 3.8) is 0 Å². The molecule has 3 rings (SSSR count). The summed E-state index contributed by atoms with van der Waals surface area (Å²) in [7, 11) is 3.81. The van der Waals surface area contributed by atoms with Gasteiger partial charge in [-0.3, -0.25) is 9.69 Å².